The van der Waals surface area contributed by atoms with Gasteiger partial charge in [-0.2, -0.15) is 9.97 Å². The van der Waals surface area contributed by atoms with E-state index in [1.165, 1.54) is 6.21 Å². The fourth-order valence-electron chi connectivity index (χ4n) is 2.27. The molecule has 28 heavy (non-hydrogen) atoms. The van der Waals surface area contributed by atoms with Crippen LogP contribution in [0.5, 0.6) is 17.5 Å². The molecule has 0 aliphatic heterocycles. The lowest BCUT2D eigenvalue weighted by atomic mass is 10.2. The van der Waals surface area contributed by atoms with Crippen LogP contribution in [0.15, 0.2) is 59.9 Å². The predicted octanol–water partition coefficient (Wildman–Crippen LogP) is 3.66. The Labute approximate surface area is 161 Å². The van der Waals surface area contributed by atoms with E-state index < -0.39 is 5.82 Å². The molecular weight excluding hydrogens is 363 g/mol. The van der Waals surface area contributed by atoms with E-state index in [4.69, 9.17) is 14.3 Å². The minimum Gasteiger partial charge on any atom is -0.497 e. The van der Waals surface area contributed by atoms with Crippen LogP contribution in [0.2, 0.25) is 0 Å². The van der Waals surface area contributed by atoms with E-state index in [0.717, 1.165) is 28.8 Å². The summed E-state index contributed by atoms with van der Waals surface area (Å²) in [7, 11) is 3.19. The summed E-state index contributed by atoms with van der Waals surface area (Å²) < 4.78 is 24.1. The number of hydrogen-bond acceptors (Lipinski definition) is 7. The molecule has 0 saturated heterocycles. The summed E-state index contributed by atoms with van der Waals surface area (Å²) in [5.74, 6) is 0.940. The highest BCUT2D eigenvalue weighted by Gasteiger charge is 2.08. The number of halogens is 1. The largest absolute Gasteiger partial charge is 0.497 e. The third-order valence-electron chi connectivity index (χ3n) is 3.79. The number of methoxy groups -OCH3 is 2. The molecule has 0 aliphatic carbocycles. The van der Waals surface area contributed by atoms with Gasteiger partial charge in [-0.05, 0) is 47.5 Å². The van der Waals surface area contributed by atoms with E-state index in [0.29, 0.717) is 6.54 Å². The van der Waals surface area contributed by atoms with Crippen LogP contribution in [0.1, 0.15) is 11.1 Å². The van der Waals surface area contributed by atoms with Gasteiger partial charge in [0.05, 0.1) is 26.6 Å². The second kappa shape index (κ2) is 9.31. The maximum atomic E-state index is 13.9. The Morgan fingerprint density at radius 1 is 1.00 bits per heavy atom. The van der Waals surface area contributed by atoms with E-state index in [-0.39, 0.29) is 11.8 Å². The van der Waals surface area contributed by atoms with Crippen LogP contribution in [-0.2, 0) is 6.54 Å². The van der Waals surface area contributed by atoms with Crippen molar-refractivity contribution in [3.8, 4) is 17.5 Å². The summed E-state index contributed by atoms with van der Waals surface area (Å²) in [5.41, 5.74) is 1.75. The number of nitrogens with zero attached hydrogens (tertiary/aromatic N) is 3. The van der Waals surface area contributed by atoms with E-state index in [2.05, 4.69) is 20.4 Å². The highest BCUT2D eigenvalue weighted by atomic mass is 19.1. The number of anilines is 1. The molecule has 7 nitrogen and oxygen atoms in total. The first-order valence-corrected chi connectivity index (χ1v) is 8.41. The topological polar surface area (TPSA) is 77.9 Å². The highest BCUT2D eigenvalue weighted by molar-refractivity contribution is 5.79. The van der Waals surface area contributed by atoms with Crippen molar-refractivity contribution in [3.63, 3.8) is 0 Å². The molecule has 3 rings (SSSR count). The zero-order chi connectivity index (χ0) is 19.8. The number of nitrogens with one attached hydrogen (secondary N) is 1. The molecule has 0 unspecified atom stereocenters. The monoisotopic (exact) mass is 382 g/mol. The minimum absolute atomic E-state index is 0.0282. The zero-order valence-electron chi connectivity index (χ0n) is 15.4. The minimum atomic E-state index is -0.583. The number of benzene rings is 2. The number of rotatable bonds is 8. The molecule has 0 atom stereocenters. The Morgan fingerprint density at radius 2 is 1.64 bits per heavy atom. The fourth-order valence-corrected chi connectivity index (χ4v) is 2.27. The number of oxime groups is 1. The molecule has 2 aromatic carbocycles. The Morgan fingerprint density at radius 3 is 2.29 bits per heavy atom. The smallest absolute Gasteiger partial charge is 0.347 e. The lowest BCUT2D eigenvalue weighted by molar-refractivity contribution is 0.314. The van der Waals surface area contributed by atoms with Gasteiger partial charge in [0.2, 0.25) is 0 Å². The molecule has 0 aliphatic rings. The molecule has 0 radical (unpaired) electrons. The van der Waals surface area contributed by atoms with Crippen molar-refractivity contribution in [3.05, 3.63) is 71.7 Å². The maximum Gasteiger partial charge on any atom is 0.347 e. The van der Waals surface area contributed by atoms with Gasteiger partial charge in [-0.15, -0.1) is 0 Å². The average molecular weight is 382 g/mol. The average Bonchev–Trinajstić information content (AvgIpc) is 2.75. The summed E-state index contributed by atoms with van der Waals surface area (Å²) in [4.78, 5) is 12.9. The predicted molar refractivity (Wildman–Crippen MR) is 104 cm³/mol. The molecule has 0 spiro atoms. The van der Waals surface area contributed by atoms with Crippen LogP contribution >= 0.6 is 0 Å². The Balaban J connectivity index is 1.60. The first-order chi connectivity index (χ1) is 13.7. The van der Waals surface area contributed by atoms with Crippen LogP contribution in [-0.4, -0.2) is 30.4 Å². The number of aromatic nitrogens is 2. The zero-order valence-corrected chi connectivity index (χ0v) is 15.4. The number of hydrogen-bond donors (Lipinski definition) is 1. The van der Waals surface area contributed by atoms with Crippen molar-refractivity contribution >= 4 is 12.0 Å². The van der Waals surface area contributed by atoms with Crippen molar-refractivity contribution in [2.75, 3.05) is 19.5 Å². The normalized spacial score (nSPS) is 10.7. The SMILES string of the molecule is COc1ccc(C=NOc2ncc(F)c(NCc3ccc(OC)cc3)n2)cc1. The summed E-state index contributed by atoms with van der Waals surface area (Å²) in [6, 6.07) is 14.6. The van der Waals surface area contributed by atoms with Crippen molar-refractivity contribution in [2.24, 2.45) is 5.16 Å². The molecule has 144 valence electrons. The molecule has 0 amide bonds. The molecule has 3 aromatic rings. The Kier molecular flexibility index (Phi) is 6.35. The standard InChI is InChI=1S/C20H19FN4O3/c1-26-16-7-3-14(4-8-16)11-22-19-18(21)13-23-20(25-19)28-24-12-15-5-9-17(27-2)10-6-15/h3-10,12-13H,11H2,1-2H3,(H,22,23,25). The first-order valence-electron chi connectivity index (χ1n) is 8.41. The van der Waals surface area contributed by atoms with Gasteiger partial charge in [0.25, 0.3) is 0 Å². The van der Waals surface area contributed by atoms with Gasteiger partial charge < -0.3 is 19.6 Å². The summed E-state index contributed by atoms with van der Waals surface area (Å²) in [6.07, 6.45) is 2.53. The number of ether oxygens (including phenoxy) is 2. The van der Waals surface area contributed by atoms with E-state index in [9.17, 15) is 4.39 Å². The fraction of sp³-hybridized carbons (Fsp3) is 0.150. The van der Waals surface area contributed by atoms with Crippen molar-refractivity contribution < 1.29 is 18.7 Å². The van der Waals surface area contributed by atoms with Gasteiger partial charge in [0.1, 0.15) is 11.5 Å². The summed E-state index contributed by atoms with van der Waals surface area (Å²) in [6.45, 7) is 0.381. The first kappa shape index (κ1) is 19.1. The van der Waals surface area contributed by atoms with Crippen LogP contribution < -0.4 is 19.6 Å². The third kappa shape index (κ3) is 5.16. The second-order valence-electron chi connectivity index (χ2n) is 5.65. The third-order valence-corrected chi connectivity index (χ3v) is 3.79. The lowest BCUT2D eigenvalue weighted by Gasteiger charge is -2.08. The molecule has 0 bridgehead atoms. The van der Waals surface area contributed by atoms with Gasteiger partial charge >= 0.3 is 6.01 Å². The van der Waals surface area contributed by atoms with Gasteiger partial charge in [-0.3, -0.25) is 0 Å². The van der Waals surface area contributed by atoms with Crippen LogP contribution in [0.4, 0.5) is 10.2 Å². The molecular formula is C20H19FN4O3. The van der Waals surface area contributed by atoms with E-state index in [1.807, 2.05) is 36.4 Å². The van der Waals surface area contributed by atoms with Crippen molar-refractivity contribution in [1.82, 2.24) is 9.97 Å². The van der Waals surface area contributed by atoms with Gasteiger partial charge in [-0.25, -0.2) is 4.39 Å². The Hall–Kier alpha value is -3.68. The lowest BCUT2D eigenvalue weighted by Crippen LogP contribution is -2.05. The van der Waals surface area contributed by atoms with Crippen molar-refractivity contribution in [2.45, 2.75) is 6.54 Å². The molecule has 1 heterocycles. The van der Waals surface area contributed by atoms with Crippen LogP contribution in [0.25, 0.3) is 0 Å². The Bertz CT molecular complexity index is 931. The molecule has 0 saturated carbocycles. The van der Waals surface area contributed by atoms with Gasteiger partial charge in [0, 0.05) is 6.54 Å². The van der Waals surface area contributed by atoms with Crippen LogP contribution in [0, 0.1) is 5.82 Å². The molecule has 1 N–H and O–H groups in total. The highest BCUT2D eigenvalue weighted by Crippen LogP contribution is 2.16. The quantitative estimate of drug-likeness (QED) is 0.473. The summed E-state index contributed by atoms with van der Waals surface area (Å²) >= 11 is 0. The molecule has 1 aromatic heterocycles. The molecule has 8 heteroatoms. The van der Waals surface area contributed by atoms with Crippen LogP contribution in [0.3, 0.4) is 0 Å². The van der Waals surface area contributed by atoms with E-state index in [1.54, 1.807) is 26.4 Å². The maximum absolute atomic E-state index is 13.9. The second-order valence-corrected chi connectivity index (χ2v) is 5.65. The van der Waals surface area contributed by atoms with E-state index >= 15 is 0 Å². The summed E-state index contributed by atoms with van der Waals surface area (Å²) in [5, 5.41) is 6.74. The molecule has 0 fully saturated rings. The van der Waals surface area contributed by atoms with Crippen molar-refractivity contribution in [1.29, 1.82) is 0 Å². The van der Waals surface area contributed by atoms with Gasteiger partial charge in [0.15, 0.2) is 11.6 Å². The van der Waals surface area contributed by atoms with Gasteiger partial charge in [-0.1, -0.05) is 17.3 Å².